The zero-order chi connectivity index (χ0) is 28.3. The number of benzene rings is 4. The van der Waals surface area contributed by atoms with E-state index in [1.807, 2.05) is 79.7 Å². The van der Waals surface area contributed by atoms with Crippen molar-refractivity contribution in [3.63, 3.8) is 0 Å². The number of aryl methyl sites for hydroxylation is 2. The molecule has 4 aromatic carbocycles. The molecule has 1 fully saturated rings. The summed E-state index contributed by atoms with van der Waals surface area (Å²) in [6.45, 7) is 6.43. The number of nitrogens with zero attached hydrogens (tertiary/aromatic N) is 1. The minimum atomic E-state index is -0.381. The quantitative estimate of drug-likeness (QED) is 0.244. The van der Waals surface area contributed by atoms with Gasteiger partial charge in [-0.25, -0.2) is 4.79 Å². The third-order valence-corrected chi connectivity index (χ3v) is 7.82. The van der Waals surface area contributed by atoms with Crippen LogP contribution in [0.4, 0.5) is 0 Å². The third-order valence-electron chi connectivity index (χ3n) is 7.82. The van der Waals surface area contributed by atoms with Crippen LogP contribution >= 0.6 is 0 Å². The first-order chi connectivity index (χ1) is 20.0. The Hall–Kier alpha value is -4.39. The van der Waals surface area contributed by atoms with Gasteiger partial charge in [-0.05, 0) is 73.7 Å². The smallest absolute Gasteiger partial charge is 0.339 e. The minimum absolute atomic E-state index is 0.00548. The van der Waals surface area contributed by atoms with Crippen molar-refractivity contribution in [2.45, 2.75) is 45.4 Å². The fourth-order valence-corrected chi connectivity index (χ4v) is 5.90. The molecule has 0 spiro atoms. The van der Waals surface area contributed by atoms with E-state index in [1.165, 1.54) is 16.7 Å². The van der Waals surface area contributed by atoms with Crippen molar-refractivity contribution < 1.29 is 14.3 Å². The number of fused-ring (bicyclic) bond motifs is 1. The van der Waals surface area contributed by atoms with Crippen LogP contribution in [0.1, 0.15) is 53.2 Å². The van der Waals surface area contributed by atoms with Crippen molar-refractivity contribution in [1.29, 1.82) is 0 Å². The van der Waals surface area contributed by atoms with Crippen molar-refractivity contribution in [1.82, 2.24) is 15.8 Å². The Morgan fingerprint density at radius 1 is 0.878 bits per heavy atom. The van der Waals surface area contributed by atoms with Gasteiger partial charge in [0.2, 0.25) is 0 Å². The first-order valence-electron chi connectivity index (χ1n) is 14.2. The molecule has 6 nitrogen and oxygen atoms in total. The van der Waals surface area contributed by atoms with Gasteiger partial charge >= 0.3 is 5.97 Å². The van der Waals surface area contributed by atoms with Crippen LogP contribution in [0.15, 0.2) is 109 Å². The molecule has 2 aliphatic rings. The van der Waals surface area contributed by atoms with Crippen LogP contribution in [0.25, 0.3) is 5.70 Å². The number of hydrazine groups is 1. The number of carbonyl (C=O) groups excluding carboxylic acids is 1. The van der Waals surface area contributed by atoms with Gasteiger partial charge in [0.15, 0.2) is 0 Å². The molecule has 0 amide bonds. The number of para-hydroxylation sites is 1. The molecule has 0 bridgehead atoms. The fourth-order valence-electron chi connectivity index (χ4n) is 5.90. The molecule has 0 aromatic heterocycles. The predicted molar refractivity (Wildman–Crippen MR) is 161 cm³/mol. The SMILES string of the molecule is CCOC(=O)C1=C(c2ccccc2)NN2C1NC(c1ccc(Oc3ccccc3)cc1)CC2c1ccc(C)cc1C. The van der Waals surface area contributed by atoms with Gasteiger partial charge in [-0.2, -0.15) is 5.01 Å². The van der Waals surface area contributed by atoms with Crippen LogP contribution in [0, 0.1) is 13.8 Å². The highest BCUT2D eigenvalue weighted by molar-refractivity contribution is 5.99. The largest absolute Gasteiger partial charge is 0.462 e. The number of nitrogens with one attached hydrogen (secondary N) is 2. The maximum atomic E-state index is 13.5. The van der Waals surface area contributed by atoms with Gasteiger partial charge in [0.1, 0.15) is 17.7 Å². The Bertz CT molecular complexity index is 1550. The summed E-state index contributed by atoms with van der Waals surface area (Å²) in [7, 11) is 0. The lowest BCUT2D eigenvalue weighted by molar-refractivity contribution is -0.139. The molecule has 3 atom stereocenters. The predicted octanol–water partition coefficient (Wildman–Crippen LogP) is 6.99. The molecule has 6 heteroatoms. The van der Waals surface area contributed by atoms with Crippen LogP contribution in [0.2, 0.25) is 0 Å². The van der Waals surface area contributed by atoms with Gasteiger partial charge in [-0.15, -0.1) is 0 Å². The Balaban J connectivity index is 1.38. The highest BCUT2D eigenvalue weighted by Crippen LogP contribution is 2.43. The number of hydrogen-bond acceptors (Lipinski definition) is 6. The van der Waals surface area contributed by atoms with Gasteiger partial charge in [0, 0.05) is 6.04 Å². The molecule has 208 valence electrons. The molecule has 2 aliphatic heterocycles. The maximum Gasteiger partial charge on any atom is 0.339 e. The molecular formula is C35H35N3O3. The summed E-state index contributed by atoms with van der Waals surface area (Å²) in [5.74, 6) is 1.27. The number of hydrogen-bond donors (Lipinski definition) is 2. The highest BCUT2D eigenvalue weighted by atomic mass is 16.5. The van der Waals surface area contributed by atoms with Crippen LogP contribution in [0.5, 0.6) is 11.5 Å². The van der Waals surface area contributed by atoms with E-state index < -0.39 is 0 Å². The van der Waals surface area contributed by atoms with Crippen molar-refractivity contribution >= 4 is 11.7 Å². The van der Waals surface area contributed by atoms with Gasteiger partial charge in [0.05, 0.1) is 23.9 Å². The van der Waals surface area contributed by atoms with E-state index in [0.717, 1.165) is 34.7 Å². The second kappa shape index (κ2) is 11.6. The first-order valence-corrected chi connectivity index (χ1v) is 14.2. The van der Waals surface area contributed by atoms with E-state index in [2.05, 4.69) is 59.9 Å². The van der Waals surface area contributed by atoms with Crippen LogP contribution in [-0.2, 0) is 9.53 Å². The molecule has 3 unspecified atom stereocenters. The Labute approximate surface area is 241 Å². The molecular weight excluding hydrogens is 510 g/mol. The molecule has 6 rings (SSSR count). The van der Waals surface area contributed by atoms with Gasteiger partial charge in [-0.1, -0.05) is 84.4 Å². The number of rotatable bonds is 7. The lowest BCUT2D eigenvalue weighted by Crippen LogP contribution is -2.56. The highest BCUT2D eigenvalue weighted by Gasteiger charge is 2.47. The Morgan fingerprint density at radius 2 is 1.56 bits per heavy atom. The van der Waals surface area contributed by atoms with E-state index in [9.17, 15) is 4.79 Å². The minimum Gasteiger partial charge on any atom is -0.462 e. The molecule has 0 saturated carbocycles. The number of esters is 1. The summed E-state index contributed by atoms with van der Waals surface area (Å²) in [6.07, 6.45) is 0.429. The lowest BCUT2D eigenvalue weighted by atomic mass is 9.88. The summed E-state index contributed by atoms with van der Waals surface area (Å²) < 4.78 is 11.6. The van der Waals surface area contributed by atoms with E-state index in [4.69, 9.17) is 9.47 Å². The van der Waals surface area contributed by atoms with E-state index >= 15 is 0 Å². The third kappa shape index (κ3) is 5.49. The maximum absolute atomic E-state index is 13.5. The molecule has 0 aliphatic carbocycles. The average Bonchev–Trinajstić information content (AvgIpc) is 3.38. The Morgan fingerprint density at radius 3 is 2.24 bits per heavy atom. The molecule has 41 heavy (non-hydrogen) atoms. The van der Waals surface area contributed by atoms with E-state index in [0.29, 0.717) is 12.2 Å². The van der Waals surface area contributed by atoms with Crippen molar-refractivity contribution in [2.24, 2.45) is 0 Å². The fraction of sp³-hybridized carbons (Fsp3) is 0.229. The Kier molecular flexibility index (Phi) is 7.59. The summed E-state index contributed by atoms with van der Waals surface area (Å²) in [5, 5.41) is 5.97. The van der Waals surface area contributed by atoms with E-state index in [-0.39, 0.29) is 24.2 Å². The second-order valence-electron chi connectivity index (χ2n) is 10.6. The number of carbonyl (C=O) groups is 1. The van der Waals surface area contributed by atoms with Gasteiger partial charge in [-0.3, -0.25) is 5.32 Å². The van der Waals surface area contributed by atoms with Crippen LogP contribution < -0.4 is 15.5 Å². The summed E-state index contributed by atoms with van der Waals surface area (Å²) in [6, 6.07) is 34.6. The normalized spacial score (nSPS) is 20.3. The summed E-state index contributed by atoms with van der Waals surface area (Å²) in [5.41, 5.74) is 10.8. The van der Waals surface area contributed by atoms with Crippen molar-refractivity contribution in [3.05, 3.63) is 137 Å². The zero-order valence-electron chi connectivity index (χ0n) is 23.6. The van der Waals surface area contributed by atoms with Gasteiger partial charge in [0.25, 0.3) is 0 Å². The first kappa shape index (κ1) is 26.8. The van der Waals surface area contributed by atoms with Gasteiger partial charge < -0.3 is 14.9 Å². The molecule has 2 heterocycles. The molecule has 2 N–H and O–H groups in total. The van der Waals surface area contributed by atoms with Crippen molar-refractivity contribution in [3.8, 4) is 11.5 Å². The molecule has 4 aromatic rings. The van der Waals surface area contributed by atoms with E-state index in [1.54, 1.807) is 0 Å². The van der Waals surface area contributed by atoms with Crippen LogP contribution in [-0.4, -0.2) is 23.8 Å². The topological polar surface area (TPSA) is 62.8 Å². The zero-order valence-corrected chi connectivity index (χ0v) is 23.6. The van der Waals surface area contributed by atoms with Crippen LogP contribution in [0.3, 0.4) is 0 Å². The standard InChI is InChI=1S/C35H35N3O3/c1-4-40-35(39)32-33(26-11-7-5-8-12-26)37-38-31(29-20-15-23(2)21-24(29)3)22-30(36-34(32)38)25-16-18-28(19-17-25)41-27-13-9-6-10-14-27/h5-21,30-31,34,36-37H,4,22H2,1-3H3. The summed E-state index contributed by atoms with van der Waals surface area (Å²) >= 11 is 0. The summed E-state index contributed by atoms with van der Waals surface area (Å²) in [4.78, 5) is 13.5. The molecule has 1 saturated heterocycles. The number of ether oxygens (including phenoxy) is 2. The average molecular weight is 546 g/mol. The van der Waals surface area contributed by atoms with Crippen molar-refractivity contribution in [2.75, 3.05) is 6.61 Å². The lowest BCUT2D eigenvalue weighted by Gasteiger charge is -2.43. The monoisotopic (exact) mass is 545 g/mol. The second-order valence-corrected chi connectivity index (χ2v) is 10.6. The molecule has 0 radical (unpaired) electrons.